The summed E-state index contributed by atoms with van der Waals surface area (Å²) in [6, 6.07) is 9.91. The standard InChI is InChI=1S/C19H23N5O2/c1-11-16-17(24(3)12(2)18(25)22-16)23-19(20-11)21-15-9-13(15)10-26-14-7-5-4-6-8-14/h4-8,12-13,15H,9-10H2,1-3H3,(H,22,25)(H,20,21,23)/t12-,13?,15?/m0/s1. The fraction of sp³-hybridized carbons (Fsp3) is 0.421. The average molecular weight is 353 g/mol. The van der Waals surface area contributed by atoms with Gasteiger partial charge in [-0.2, -0.15) is 4.98 Å². The molecule has 26 heavy (non-hydrogen) atoms. The third kappa shape index (κ3) is 3.16. The predicted molar refractivity (Wildman–Crippen MR) is 101 cm³/mol. The number of benzene rings is 1. The SMILES string of the molecule is Cc1nc(NC2CC2COc2ccccc2)nc2c1NC(=O)[C@H](C)N2C. The number of rotatable bonds is 5. The Labute approximate surface area is 152 Å². The van der Waals surface area contributed by atoms with Crippen LogP contribution in [-0.4, -0.2) is 41.6 Å². The van der Waals surface area contributed by atoms with Crippen molar-refractivity contribution < 1.29 is 9.53 Å². The Bertz CT molecular complexity index is 826. The third-order valence-corrected chi connectivity index (χ3v) is 5.06. The van der Waals surface area contributed by atoms with E-state index in [2.05, 4.69) is 20.6 Å². The van der Waals surface area contributed by atoms with Crippen molar-refractivity contribution in [2.75, 3.05) is 29.2 Å². The van der Waals surface area contributed by atoms with Crippen LogP contribution < -0.4 is 20.3 Å². The number of nitrogens with one attached hydrogen (secondary N) is 2. The van der Waals surface area contributed by atoms with Gasteiger partial charge in [0.15, 0.2) is 5.82 Å². The fourth-order valence-electron chi connectivity index (χ4n) is 3.11. The molecule has 4 rings (SSSR count). The largest absolute Gasteiger partial charge is 0.493 e. The number of hydrogen-bond acceptors (Lipinski definition) is 6. The van der Waals surface area contributed by atoms with E-state index < -0.39 is 0 Å². The Morgan fingerprint density at radius 2 is 2.08 bits per heavy atom. The van der Waals surface area contributed by atoms with E-state index in [1.807, 2.05) is 56.1 Å². The minimum Gasteiger partial charge on any atom is -0.493 e. The summed E-state index contributed by atoms with van der Waals surface area (Å²) in [5.74, 6) is 2.66. The molecule has 1 amide bonds. The zero-order chi connectivity index (χ0) is 18.3. The molecule has 7 heteroatoms. The number of amides is 1. The number of ether oxygens (including phenoxy) is 1. The lowest BCUT2D eigenvalue weighted by Gasteiger charge is -2.32. The fourth-order valence-corrected chi connectivity index (χ4v) is 3.11. The second-order valence-corrected chi connectivity index (χ2v) is 6.98. The van der Waals surface area contributed by atoms with Crippen molar-refractivity contribution in [3.63, 3.8) is 0 Å². The van der Waals surface area contributed by atoms with Gasteiger partial charge in [0.2, 0.25) is 11.9 Å². The van der Waals surface area contributed by atoms with Crippen LogP contribution in [0.1, 0.15) is 19.0 Å². The summed E-state index contributed by atoms with van der Waals surface area (Å²) in [6.45, 7) is 4.43. The second kappa shape index (κ2) is 6.48. The van der Waals surface area contributed by atoms with Crippen LogP contribution in [0.4, 0.5) is 17.5 Å². The van der Waals surface area contributed by atoms with Gasteiger partial charge in [-0.15, -0.1) is 0 Å². The number of aromatic nitrogens is 2. The lowest BCUT2D eigenvalue weighted by molar-refractivity contribution is -0.117. The monoisotopic (exact) mass is 353 g/mol. The van der Waals surface area contributed by atoms with Gasteiger partial charge in [-0.25, -0.2) is 4.98 Å². The van der Waals surface area contributed by atoms with Gasteiger partial charge < -0.3 is 20.3 Å². The number of carbonyl (C=O) groups is 1. The maximum Gasteiger partial charge on any atom is 0.246 e. The highest BCUT2D eigenvalue weighted by Gasteiger charge is 2.39. The van der Waals surface area contributed by atoms with Crippen LogP contribution >= 0.6 is 0 Å². The quantitative estimate of drug-likeness (QED) is 0.859. The maximum atomic E-state index is 12.0. The molecule has 3 atom stereocenters. The molecule has 1 aromatic heterocycles. The highest BCUT2D eigenvalue weighted by atomic mass is 16.5. The number of hydrogen-bond donors (Lipinski definition) is 2. The first-order valence-electron chi connectivity index (χ1n) is 8.89. The number of fused-ring (bicyclic) bond motifs is 1. The van der Waals surface area contributed by atoms with E-state index in [0.29, 0.717) is 30.2 Å². The number of aryl methyl sites for hydroxylation is 1. The van der Waals surface area contributed by atoms with Crippen LogP contribution in [0.25, 0.3) is 0 Å². The zero-order valence-electron chi connectivity index (χ0n) is 15.2. The first-order chi connectivity index (χ1) is 12.5. The number of likely N-dealkylation sites (N-methyl/N-ethyl adjacent to an activating group) is 1. The molecule has 1 aliphatic carbocycles. The first kappa shape index (κ1) is 16.6. The van der Waals surface area contributed by atoms with Gasteiger partial charge in [0.05, 0.1) is 12.3 Å². The smallest absolute Gasteiger partial charge is 0.246 e. The molecule has 2 heterocycles. The summed E-state index contributed by atoms with van der Waals surface area (Å²) >= 11 is 0. The van der Waals surface area contributed by atoms with E-state index in [0.717, 1.165) is 23.7 Å². The molecule has 0 spiro atoms. The molecule has 2 unspecified atom stereocenters. The van der Waals surface area contributed by atoms with Crippen molar-refractivity contribution in [3.05, 3.63) is 36.0 Å². The molecule has 0 radical (unpaired) electrons. The van der Waals surface area contributed by atoms with Gasteiger partial charge in [0, 0.05) is 19.0 Å². The predicted octanol–water partition coefficient (Wildman–Crippen LogP) is 2.44. The van der Waals surface area contributed by atoms with Crippen molar-refractivity contribution in [3.8, 4) is 5.75 Å². The Morgan fingerprint density at radius 1 is 1.31 bits per heavy atom. The topological polar surface area (TPSA) is 79.4 Å². The highest BCUT2D eigenvalue weighted by Crippen LogP contribution is 2.36. The number of para-hydroxylation sites is 1. The molecule has 7 nitrogen and oxygen atoms in total. The Hall–Kier alpha value is -2.83. The van der Waals surface area contributed by atoms with Crippen LogP contribution in [0.15, 0.2) is 30.3 Å². The second-order valence-electron chi connectivity index (χ2n) is 6.98. The lowest BCUT2D eigenvalue weighted by atomic mass is 10.2. The Kier molecular flexibility index (Phi) is 4.14. The van der Waals surface area contributed by atoms with Crippen LogP contribution in [0, 0.1) is 12.8 Å². The van der Waals surface area contributed by atoms with Crippen LogP contribution in [0.2, 0.25) is 0 Å². The molecular formula is C19H23N5O2. The summed E-state index contributed by atoms with van der Waals surface area (Å²) in [5.41, 5.74) is 1.46. The van der Waals surface area contributed by atoms with Crippen LogP contribution in [-0.2, 0) is 4.79 Å². The molecule has 0 saturated heterocycles. The molecule has 2 N–H and O–H groups in total. The van der Waals surface area contributed by atoms with E-state index in [4.69, 9.17) is 4.74 Å². The van der Waals surface area contributed by atoms with Gasteiger partial charge in [0.25, 0.3) is 0 Å². The first-order valence-corrected chi connectivity index (χ1v) is 8.89. The van der Waals surface area contributed by atoms with Crippen molar-refractivity contribution in [2.45, 2.75) is 32.4 Å². The minimum atomic E-state index is -0.252. The molecule has 1 aliphatic heterocycles. The summed E-state index contributed by atoms with van der Waals surface area (Å²) in [6.07, 6.45) is 1.04. The van der Waals surface area contributed by atoms with Gasteiger partial charge in [-0.3, -0.25) is 4.79 Å². The number of nitrogens with zero attached hydrogens (tertiary/aromatic N) is 3. The van der Waals surface area contributed by atoms with Gasteiger partial charge >= 0.3 is 0 Å². The summed E-state index contributed by atoms with van der Waals surface area (Å²) in [4.78, 5) is 23.0. The summed E-state index contributed by atoms with van der Waals surface area (Å²) in [5, 5.41) is 6.30. The molecule has 0 bridgehead atoms. The van der Waals surface area contributed by atoms with Crippen molar-refractivity contribution in [1.82, 2.24) is 9.97 Å². The minimum absolute atomic E-state index is 0.0345. The number of anilines is 3. The molecule has 136 valence electrons. The van der Waals surface area contributed by atoms with Crippen molar-refractivity contribution >= 4 is 23.4 Å². The molecule has 2 aliphatic rings. The molecule has 1 fully saturated rings. The molecule has 2 aromatic rings. The van der Waals surface area contributed by atoms with Crippen molar-refractivity contribution in [2.24, 2.45) is 5.92 Å². The molecule has 1 aromatic carbocycles. The van der Waals surface area contributed by atoms with Crippen LogP contribution in [0.5, 0.6) is 5.75 Å². The highest BCUT2D eigenvalue weighted by molar-refractivity contribution is 6.03. The normalized spacial score (nSPS) is 23.9. The van der Waals surface area contributed by atoms with Gasteiger partial charge in [0.1, 0.15) is 17.5 Å². The average Bonchev–Trinajstić information content (AvgIpc) is 3.38. The third-order valence-electron chi connectivity index (χ3n) is 5.06. The summed E-state index contributed by atoms with van der Waals surface area (Å²) < 4.78 is 5.82. The Morgan fingerprint density at radius 3 is 2.85 bits per heavy atom. The zero-order valence-corrected chi connectivity index (χ0v) is 15.2. The van der Waals surface area contributed by atoms with Crippen LogP contribution in [0.3, 0.4) is 0 Å². The van der Waals surface area contributed by atoms with Gasteiger partial charge in [-0.1, -0.05) is 18.2 Å². The number of carbonyl (C=O) groups excluding carboxylic acids is 1. The Balaban J connectivity index is 1.41. The van der Waals surface area contributed by atoms with Gasteiger partial charge in [-0.05, 0) is 32.4 Å². The van der Waals surface area contributed by atoms with E-state index in [9.17, 15) is 4.79 Å². The van der Waals surface area contributed by atoms with E-state index in [1.54, 1.807) is 0 Å². The lowest BCUT2D eigenvalue weighted by Crippen LogP contribution is -2.44. The maximum absolute atomic E-state index is 12.0. The van der Waals surface area contributed by atoms with E-state index in [1.165, 1.54) is 0 Å². The molecular weight excluding hydrogens is 330 g/mol. The molecule has 1 saturated carbocycles. The van der Waals surface area contributed by atoms with Crippen molar-refractivity contribution in [1.29, 1.82) is 0 Å². The van der Waals surface area contributed by atoms with E-state index in [-0.39, 0.29) is 11.9 Å². The summed E-state index contributed by atoms with van der Waals surface area (Å²) in [7, 11) is 1.88. The van der Waals surface area contributed by atoms with E-state index >= 15 is 0 Å².